The van der Waals surface area contributed by atoms with E-state index in [0.717, 1.165) is 13.2 Å². The van der Waals surface area contributed by atoms with Crippen molar-refractivity contribution >= 4 is 17.7 Å². The van der Waals surface area contributed by atoms with E-state index in [0.29, 0.717) is 5.56 Å². The molecule has 0 saturated heterocycles. The van der Waals surface area contributed by atoms with Crippen LogP contribution in [0.3, 0.4) is 0 Å². The van der Waals surface area contributed by atoms with E-state index in [4.69, 9.17) is 9.47 Å². The molecule has 24 heavy (non-hydrogen) atoms. The Balaban J connectivity index is 2.58. The normalized spacial score (nSPS) is 10.0. The predicted octanol–water partition coefficient (Wildman–Crippen LogP) is 2.90. The predicted molar refractivity (Wildman–Crippen MR) is 82.5 cm³/mol. The number of methoxy groups -OCH3 is 1. The minimum absolute atomic E-state index is 0.0599. The van der Waals surface area contributed by atoms with Gasteiger partial charge in [-0.25, -0.2) is 0 Å². The average molecular weight is 332 g/mol. The van der Waals surface area contributed by atoms with Crippen molar-refractivity contribution < 1.29 is 24.1 Å². The molecule has 2 aromatic rings. The number of ether oxygens (including phenoxy) is 2. The van der Waals surface area contributed by atoms with Crippen LogP contribution >= 0.6 is 0 Å². The summed E-state index contributed by atoms with van der Waals surface area (Å²) in [5.41, 5.74) is -1.02. The number of aldehydes is 1. The van der Waals surface area contributed by atoms with E-state index < -0.39 is 38.3 Å². The fourth-order valence-corrected chi connectivity index (χ4v) is 2.11. The summed E-state index contributed by atoms with van der Waals surface area (Å²) in [6.45, 7) is -0.0599. The van der Waals surface area contributed by atoms with Crippen LogP contribution in [0.15, 0.2) is 36.4 Å². The fourth-order valence-electron chi connectivity index (χ4n) is 2.11. The molecule has 0 unspecified atom stereocenters. The van der Waals surface area contributed by atoms with Crippen LogP contribution in [0.4, 0.5) is 11.4 Å². The summed E-state index contributed by atoms with van der Waals surface area (Å²) in [7, 11) is 1.11. The lowest BCUT2D eigenvalue weighted by atomic mass is 10.1. The molecule has 0 heterocycles. The number of benzene rings is 2. The van der Waals surface area contributed by atoms with E-state index in [1.54, 1.807) is 30.3 Å². The summed E-state index contributed by atoms with van der Waals surface area (Å²) >= 11 is 0. The van der Waals surface area contributed by atoms with E-state index in [2.05, 4.69) is 0 Å². The molecule has 0 aliphatic carbocycles. The third-order valence-corrected chi connectivity index (χ3v) is 3.16. The number of nitro benzene ring substituents is 2. The smallest absolute Gasteiger partial charge is 0.325 e. The SMILES string of the molecule is COc1c(OCc2ccccc2)c([N+](=O)[O-])cc(C=O)c1[N+](=O)[O-]. The minimum Gasteiger partial charge on any atom is -0.487 e. The van der Waals surface area contributed by atoms with Crippen LogP contribution in [-0.4, -0.2) is 23.2 Å². The van der Waals surface area contributed by atoms with Gasteiger partial charge < -0.3 is 9.47 Å². The Labute approximate surface area is 135 Å². The molecule has 0 radical (unpaired) electrons. The van der Waals surface area contributed by atoms with E-state index in [-0.39, 0.29) is 12.9 Å². The molecule has 0 aliphatic heterocycles. The molecule has 9 heteroatoms. The highest BCUT2D eigenvalue weighted by molar-refractivity contribution is 5.87. The van der Waals surface area contributed by atoms with Crippen LogP contribution < -0.4 is 9.47 Å². The lowest BCUT2D eigenvalue weighted by Crippen LogP contribution is -2.06. The van der Waals surface area contributed by atoms with Crippen molar-refractivity contribution in [2.24, 2.45) is 0 Å². The van der Waals surface area contributed by atoms with Gasteiger partial charge in [0.15, 0.2) is 6.29 Å². The Hall–Kier alpha value is -3.49. The molecule has 2 aromatic carbocycles. The first-order chi connectivity index (χ1) is 11.5. The van der Waals surface area contributed by atoms with Gasteiger partial charge in [-0.2, -0.15) is 0 Å². The second-order valence-electron chi connectivity index (χ2n) is 4.60. The molecule has 0 aliphatic rings. The maximum Gasteiger partial charge on any atom is 0.325 e. The molecule has 2 rings (SSSR count). The van der Waals surface area contributed by atoms with Crippen molar-refractivity contribution in [2.75, 3.05) is 7.11 Å². The van der Waals surface area contributed by atoms with Crippen molar-refractivity contribution in [2.45, 2.75) is 6.61 Å². The summed E-state index contributed by atoms with van der Waals surface area (Å²) in [6.07, 6.45) is 0.161. The second-order valence-corrected chi connectivity index (χ2v) is 4.60. The molecule has 0 amide bonds. The highest BCUT2D eigenvalue weighted by Gasteiger charge is 2.33. The first-order valence-corrected chi connectivity index (χ1v) is 6.65. The Morgan fingerprint density at radius 3 is 2.25 bits per heavy atom. The van der Waals surface area contributed by atoms with Crippen molar-refractivity contribution in [1.82, 2.24) is 0 Å². The lowest BCUT2D eigenvalue weighted by molar-refractivity contribution is -0.390. The lowest BCUT2D eigenvalue weighted by Gasteiger charge is -2.12. The summed E-state index contributed by atoms with van der Waals surface area (Å²) < 4.78 is 10.3. The van der Waals surface area contributed by atoms with Gasteiger partial charge in [-0.15, -0.1) is 0 Å². The third kappa shape index (κ3) is 3.29. The van der Waals surface area contributed by atoms with Gasteiger partial charge in [0.05, 0.1) is 17.0 Å². The van der Waals surface area contributed by atoms with E-state index in [9.17, 15) is 25.0 Å². The topological polar surface area (TPSA) is 122 Å². The van der Waals surface area contributed by atoms with Gasteiger partial charge in [0.2, 0.25) is 11.5 Å². The van der Waals surface area contributed by atoms with Crippen molar-refractivity contribution in [3.8, 4) is 11.5 Å². The number of rotatable bonds is 7. The number of carbonyl (C=O) groups is 1. The van der Waals surface area contributed by atoms with Crippen molar-refractivity contribution in [3.63, 3.8) is 0 Å². The van der Waals surface area contributed by atoms with Crippen LogP contribution in [0, 0.1) is 20.2 Å². The van der Waals surface area contributed by atoms with Crippen molar-refractivity contribution in [3.05, 3.63) is 67.8 Å². The van der Waals surface area contributed by atoms with Gasteiger partial charge in [0.1, 0.15) is 12.2 Å². The van der Waals surface area contributed by atoms with Crippen molar-refractivity contribution in [1.29, 1.82) is 0 Å². The zero-order valence-electron chi connectivity index (χ0n) is 12.5. The maximum atomic E-state index is 11.2. The van der Waals surface area contributed by atoms with Crippen LogP contribution in [0.2, 0.25) is 0 Å². The zero-order valence-corrected chi connectivity index (χ0v) is 12.5. The Bertz CT molecular complexity index is 790. The van der Waals surface area contributed by atoms with Gasteiger partial charge in [-0.1, -0.05) is 30.3 Å². The maximum absolute atomic E-state index is 11.2. The number of carbonyl (C=O) groups excluding carboxylic acids is 1. The number of hydrogen-bond acceptors (Lipinski definition) is 7. The second kappa shape index (κ2) is 7.18. The molecular formula is C15H12N2O7. The number of nitrogens with zero attached hydrogens (tertiary/aromatic N) is 2. The monoisotopic (exact) mass is 332 g/mol. The Morgan fingerprint density at radius 2 is 1.75 bits per heavy atom. The van der Waals surface area contributed by atoms with Crippen LogP contribution in [-0.2, 0) is 6.61 Å². The van der Waals surface area contributed by atoms with Crippen LogP contribution in [0.1, 0.15) is 15.9 Å². The average Bonchev–Trinajstić information content (AvgIpc) is 2.58. The molecule has 124 valence electrons. The Kier molecular flexibility index (Phi) is 5.05. The van der Waals surface area contributed by atoms with Crippen LogP contribution in [0.25, 0.3) is 0 Å². The molecule has 0 N–H and O–H groups in total. The Morgan fingerprint density at radius 1 is 1.08 bits per heavy atom. The first-order valence-electron chi connectivity index (χ1n) is 6.65. The van der Waals surface area contributed by atoms with E-state index >= 15 is 0 Å². The number of hydrogen-bond donors (Lipinski definition) is 0. The standard InChI is InChI=1S/C15H12N2O7/c1-23-15-13(17(21)22)11(8-18)7-12(16(19)20)14(15)24-9-10-5-3-2-4-6-10/h2-8H,9H2,1H3. The van der Waals surface area contributed by atoms with Gasteiger partial charge in [0, 0.05) is 6.07 Å². The fraction of sp³-hybridized carbons (Fsp3) is 0.133. The molecular weight excluding hydrogens is 320 g/mol. The largest absolute Gasteiger partial charge is 0.487 e. The van der Waals surface area contributed by atoms with Gasteiger partial charge in [-0.3, -0.25) is 25.0 Å². The van der Waals surface area contributed by atoms with E-state index in [1.807, 2.05) is 0 Å². The summed E-state index contributed by atoms with van der Waals surface area (Å²) in [5, 5.41) is 22.4. The first kappa shape index (κ1) is 16.9. The minimum atomic E-state index is -0.846. The van der Waals surface area contributed by atoms with Gasteiger partial charge >= 0.3 is 11.4 Å². The third-order valence-electron chi connectivity index (χ3n) is 3.16. The van der Waals surface area contributed by atoms with Gasteiger partial charge in [-0.05, 0) is 5.56 Å². The number of nitro groups is 2. The van der Waals surface area contributed by atoms with Gasteiger partial charge in [0.25, 0.3) is 0 Å². The molecule has 0 saturated carbocycles. The molecule has 0 atom stereocenters. The zero-order chi connectivity index (χ0) is 17.7. The quantitative estimate of drug-likeness (QED) is 0.434. The summed E-state index contributed by atoms with van der Waals surface area (Å²) in [4.78, 5) is 31.8. The summed E-state index contributed by atoms with van der Waals surface area (Å²) in [6, 6.07) is 9.55. The summed E-state index contributed by atoms with van der Waals surface area (Å²) in [5.74, 6) is -0.865. The van der Waals surface area contributed by atoms with Crippen LogP contribution in [0.5, 0.6) is 11.5 Å². The van der Waals surface area contributed by atoms with E-state index in [1.165, 1.54) is 0 Å². The highest BCUT2D eigenvalue weighted by Crippen LogP contribution is 2.45. The highest BCUT2D eigenvalue weighted by atomic mass is 16.6. The molecule has 0 spiro atoms. The molecule has 9 nitrogen and oxygen atoms in total. The molecule has 0 bridgehead atoms. The molecule has 0 aromatic heterocycles. The molecule has 0 fully saturated rings.